The van der Waals surface area contributed by atoms with E-state index in [0.717, 1.165) is 12.3 Å². The van der Waals surface area contributed by atoms with Crippen LogP contribution in [-0.4, -0.2) is 11.0 Å². The fraction of sp³-hybridized carbons (Fsp3) is 0.583. The van der Waals surface area contributed by atoms with Crippen LogP contribution in [-0.2, 0) is 12.7 Å². The molecule has 2 nitrogen and oxygen atoms in total. The summed E-state index contributed by atoms with van der Waals surface area (Å²) < 4.78 is 36.9. The standard InChI is InChI=1S/C12H17F3N2/c1-8(2)9(3)16-7-11-5-4-10(6-17-11)12(13,14)15/h4-6,8-9,16H,7H2,1-3H3. The molecule has 0 saturated carbocycles. The fourth-order valence-corrected chi connectivity index (χ4v) is 1.20. The van der Waals surface area contributed by atoms with Crippen molar-refractivity contribution in [1.29, 1.82) is 0 Å². The molecule has 0 saturated heterocycles. The Morgan fingerprint density at radius 1 is 1.24 bits per heavy atom. The lowest BCUT2D eigenvalue weighted by Crippen LogP contribution is -2.30. The highest BCUT2D eigenvalue weighted by Crippen LogP contribution is 2.28. The molecule has 0 bridgehead atoms. The summed E-state index contributed by atoms with van der Waals surface area (Å²) in [5, 5.41) is 3.21. The molecular weight excluding hydrogens is 229 g/mol. The van der Waals surface area contributed by atoms with Gasteiger partial charge in [0, 0.05) is 18.8 Å². The zero-order valence-corrected chi connectivity index (χ0v) is 10.2. The predicted octanol–water partition coefficient (Wildman–Crippen LogP) is 3.23. The van der Waals surface area contributed by atoms with Gasteiger partial charge in [-0.1, -0.05) is 13.8 Å². The third kappa shape index (κ3) is 4.34. The van der Waals surface area contributed by atoms with Crippen LogP contribution < -0.4 is 5.32 Å². The van der Waals surface area contributed by atoms with Crippen LogP contribution in [0.25, 0.3) is 0 Å². The van der Waals surface area contributed by atoms with Crippen molar-refractivity contribution in [3.63, 3.8) is 0 Å². The number of alkyl halides is 3. The quantitative estimate of drug-likeness (QED) is 0.882. The summed E-state index contributed by atoms with van der Waals surface area (Å²) in [5.41, 5.74) is -0.0938. The molecule has 96 valence electrons. The average molecular weight is 246 g/mol. The lowest BCUT2D eigenvalue weighted by Gasteiger charge is -2.17. The van der Waals surface area contributed by atoms with Crippen molar-refractivity contribution in [3.8, 4) is 0 Å². The summed E-state index contributed by atoms with van der Waals surface area (Å²) in [6, 6.07) is 2.77. The van der Waals surface area contributed by atoms with Crippen LogP contribution in [0.15, 0.2) is 18.3 Å². The van der Waals surface area contributed by atoms with Crippen LogP contribution in [0.3, 0.4) is 0 Å². The molecule has 1 heterocycles. The molecule has 0 aliphatic rings. The molecule has 0 aliphatic carbocycles. The first-order chi connectivity index (χ1) is 7.80. The molecule has 1 N–H and O–H groups in total. The molecule has 0 spiro atoms. The van der Waals surface area contributed by atoms with E-state index in [2.05, 4.69) is 24.1 Å². The van der Waals surface area contributed by atoms with E-state index >= 15 is 0 Å². The topological polar surface area (TPSA) is 24.9 Å². The summed E-state index contributed by atoms with van der Waals surface area (Å²) in [6.07, 6.45) is -3.44. The largest absolute Gasteiger partial charge is 0.417 e. The summed E-state index contributed by atoms with van der Waals surface area (Å²) in [4.78, 5) is 3.79. The number of hydrogen-bond acceptors (Lipinski definition) is 2. The van der Waals surface area contributed by atoms with Gasteiger partial charge in [0.1, 0.15) is 0 Å². The molecule has 0 aliphatic heterocycles. The first kappa shape index (κ1) is 14.0. The van der Waals surface area contributed by atoms with Gasteiger partial charge in [0.05, 0.1) is 11.3 Å². The normalized spacial score (nSPS) is 14.1. The lowest BCUT2D eigenvalue weighted by molar-refractivity contribution is -0.137. The Kier molecular flexibility index (Phi) is 4.51. The molecule has 1 rings (SSSR count). The van der Waals surface area contributed by atoms with Crippen molar-refractivity contribution in [3.05, 3.63) is 29.6 Å². The van der Waals surface area contributed by atoms with Crippen molar-refractivity contribution in [2.45, 2.75) is 39.5 Å². The van der Waals surface area contributed by atoms with E-state index < -0.39 is 11.7 Å². The van der Waals surface area contributed by atoms with E-state index in [-0.39, 0.29) is 0 Å². The van der Waals surface area contributed by atoms with Crippen molar-refractivity contribution in [2.24, 2.45) is 5.92 Å². The van der Waals surface area contributed by atoms with Crippen LogP contribution in [0.2, 0.25) is 0 Å². The zero-order chi connectivity index (χ0) is 13.1. The molecule has 1 atom stereocenters. The van der Waals surface area contributed by atoms with Gasteiger partial charge in [-0.3, -0.25) is 4.98 Å². The van der Waals surface area contributed by atoms with Gasteiger partial charge < -0.3 is 5.32 Å². The van der Waals surface area contributed by atoms with Crippen LogP contribution in [0.5, 0.6) is 0 Å². The number of hydrogen-bond donors (Lipinski definition) is 1. The molecule has 1 aromatic heterocycles. The van der Waals surface area contributed by atoms with Gasteiger partial charge in [0.15, 0.2) is 0 Å². The maximum atomic E-state index is 12.3. The molecule has 1 aromatic rings. The Morgan fingerprint density at radius 2 is 1.88 bits per heavy atom. The third-order valence-corrected chi connectivity index (χ3v) is 2.76. The third-order valence-electron chi connectivity index (χ3n) is 2.76. The van der Waals surface area contributed by atoms with E-state index in [1.54, 1.807) is 0 Å². The zero-order valence-electron chi connectivity index (χ0n) is 10.2. The first-order valence-corrected chi connectivity index (χ1v) is 5.56. The Bertz CT molecular complexity index is 344. The van der Waals surface area contributed by atoms with E-state index in [1.165, 1.54) is 6.07 Å². The van der Waals surface area contributed by atoms with Crippen LogP contribution in [0, 0.1) is 5.92 Å². The van der Waals surface area contributed by atoms with Crippen molar-refractivity contribution >= 4 is 0 Å². The second-order valence-electron chi connectivity index (χ2n) is 4.45. The maximum absolute atomic E-state index is 12.3. The molecule has 0 fully saturated rings. The molecule has 17 heavy (non-hydrogen) atoms. The summed E-state index contributed by atoms with van der Waals surface area (Å²) in [6.45, 7) is 6.68. The van der Waals surface area contributed by atoms with Gasteiger partial charge in [0.25, 0.3) is 0 Å². The summed E-state index contributed by atoms with van der Waals surface area (Å²) in [5.74, 6) is 0.476. The van der Waals surface area contributed by atoms with Gasteiger partial charge in [0.2, 0.25) is 0 Å². The highest BCUT2D eigenvalue weighted by molar-refractivity contribution is 5.16. The first-order valence-electron chi connectivity index (χ1n) is 5.56. The number of pyridine rings is 1. The van der Waals surface area contributed by atoms with Crippen LogP contribution in [0.1, 0.15) is 32.0 Å². The number of halogens is 3. The minimum absolute atomic E-state index is 0.305. The average Bonchev–Trinajstić information content (AvgIpc) is 2.25. The summed E-state index contributed by atoms with van der Waals surface area (Å²) >= 11 is 0. The fourth-order valence-electron chi connectivity index (χ4n) is 1.20. The number of nitrogens with zero attached hydrogens (tertiary/aromatic N) is 1. The Balaban J connectivity index is 2.57. The van der Waals surface area contributed by atoms with Gasteiger partial charge in [-0.25, -0.2) is 0 Å². The minimum Gasteiger partial charge on any atom is -0.308 e. The summed E-state index contributed by atoms with van der Waals surface area (Å²) in [7, 11) is 0. The molecule has 5 heteroatoms. The predicted molar refractivity (Wildman–Crippen MR) is 60.4 cm³/mol. The molecular formula is C12H17F3N2. The number of aromatic nitrogens is 1. The van der Waals surface area contributed by atoms with E-state index in [0.29, 0.717) is 24.2 Å². The molecule has 1 unspecified atom stereocenters. The smallest absolute Gasteiger partial charge is 0.308 e. The van der Waals surface area contributed by atoms with Gasteiger partial charge in [-0.2, -0.15) is 13.2 Å². The van der Waals surface area contributed by atoms with Crippen LogP contribution >= 0.6 is 0 Å². The number of nitrogens with one attached hydrogen (secondary N) is 1. The molecule has 0 amide bonds. The van der Waals surface area contributed by atoms with E-state index in [1.807, 2.05) is 6.92 Å². The van der Waals surface area contributed by atoms with Crippen molar-refractivity contribution in [1.82, 2.24) is 10.3 Å². The van der Waals surface area contributed by atoms with Crippen molar-refractivity contribution in [2.75, 3.05) is 0 Å². The second kappa shape index (κ2) is 5.49. The second-order valence-corrected chi connectivity index (χ2v) is 4.45. The van der Waals surface area contributed by atoms with Crippen LogP contribution in [0.4, 0.5) is 13.2 Å². The Hall–Kier alpha value is -1.10. The monoisotopic (exact) mass is 246 g/mol. The number of rotatable bonds is 4. The SMILES string of the molecule is CC(C)C(C)NCc1ccc(C(F)(F)F)cn1. The van der Waals surface area contributed by atoms with Gasteiger partial charge in [-0.15, -0.1) is 0 Å². The lowest BCUT2D eigenvalue weighted by atomic mass is 10.1. The highest BCUT2D eigenvalue weighted by atomic mass is 19.4. The van der Waals surface area contributed by atoms with E-state index in [4.69, 9.17) is 0 Å². The van der Waals surface area contributed by atoms with Gasteiger partial charge in [-0.05, 0) is 25.0 Å². The Morgan fingerprint density at radius 3 is 2.29 bits per heavy atom. The minimum atomic E-state index is -4.32. The maximum Gasteiger partial charge on any atom is 0.417 e. The van der Waals surface area contributed by atoms with Crippen molar-refractivity contribution < 1.29 is 13.2 Å². The molecule has 0 radical (unpaired) electrons. The molecule has 0 aromatic carbocycles. The van der Waals surface area contributed by atoms with Gasteiger partial charge >= 0.3 is 6.18 Å². The van der Waals surface area contributed by atoms with E-state index in [9.17, 15) is 13.2 Å². The Labute approximate surface area is 99.3 Å². The highest BCUT2D eigenvalue weighted by Gasteiger charge is 2.30.